The van der Waals surface area contributed by atoms with Gasteiger partial charge in [-0.25, -0.2) is 0 Å². The van der Waals surface area contributed by atoms with E-state index in [1.54, 1.807) is 7.11 Å². The van der Waals surface area contributed by atoms with Crippen molar-refractivity contribution >= 4 is 0 Å². The molecule has 1 rings (SSSR count). The van der Waals surface area contributed by atoms with E-state index in [2.05, 4.69) is 5.32 Å². The van der Waals surface area contributed by atoms with Gasteiger partial charge in [-0.05, 0) is 25.7 Å². The molecule has 1 N–H and O–H groups in total. The van der Waals surface area contributed by atoms with Crippen LogP contribution in [0, 0.1) is 0 Å². The molecule has 1 fully saturated rings. The fourth-order valence-corrected chi connectivity index (χ4v) is 1.98. The van der Waals surface area contributed by atoms with Crippen LogP contribution in [0.5, 0.6) is 0 Å². The van der Waals surface area contributed by atoms with Gasteiger partial charge in [0.25, 0.3) is 0 Å². The third kappa shape index (κ3) is 4.38. The molecule has 0 spiro atoms. The summed E-state index contributed by atoms with van der Waals surface area (Å²) in [4.78, 5) is 0. The summed E-state index contributed by atoms with van der Waals surface area (Å²) in [6.45, 7) is 0.620. The van der Waals surface area contributed by atoms with Crippen molar-refractivity contribution in [2.75, 3.05) is 13.7 Å². The average molecular weight is 225 g/mol. The Morgan fingerprint density at radius 3 is 2.67 bits per heavy atom. The normalized spacial score (nSPS) is 28.0. The monoisotopic (exact) mass is 225 g/mol. The second-order valence-corrected chi connectivity index (χ2v) is 4.02. The Labute approximate surface area is 88.2 Å². The fraction of sp³-hybridized carbons (Fsp3) is 1.00. The maximum Gasteiger partial charge on any atom is 0.403 e. The van der Waals surface area contributed by atoms with Crippen LogP contribution in [0.25, 0.3) is 0 Å². The van der Waals surface area contributed by atoms with Crippen LogP contribution >= 0.6 is 0 Å². The van der Waals surface area contributed by atoms with Gasteiger partial charge in [-0.15, -0.1) is 0 Å². The highest BCUT2D eigenvalue weighted by Gasteiger charge is 2.41. The smallest absolute Gasteiger partial charge is 0.385 e. The van der Waals surface area contributed by atoms with Gasteiger partial charge in [0.1, 0.15) is 6.04 Å². The van der Waals surface area contributed by atoms with Crippen molar-refractivity contribution in [3.05, 3.63) is 0 Å². The summed E-state index contributed by atoms with van der Waals surface area (Å²) in [5.41, 5.74) is 0. The molecule has 2 unspecified atom stereocenters. The number of piperidine rings is 1. The van der Waals surface area contributed by atoms with Crippen molar-refractivity contribution in [3.8, 4) is 0 Å². The zero-order valence-corrected chi connectivity index (χ0v) is 8.94. The predicted molar refractivity (Wildman–Crippen MR) is 51.7 cm³/mol. The van der Waals surface area contributed by atoms with Gasteiger partial charge >= 0.3 is 6.18 Å². The van der Waals surface area contributed by atoms with Crippen LogP contribution in [0.2, 0.25) is 0 Å². The lowest BCUT2D eigenvalue weighted by atomic mass is 9.95. The molecule has 1 heterocycles. The van der Waals surface area contributed by atoms with Gasteiger partial charge in [-0.2, -0.15) is 13.2 Å². The minimum absolute atomic E-state index is 0.000486. The molecule has 1 saturated heterocycles. The van der Waals surface area contributed by atoms with Crippen LogP contribution in [-0.2, 0) is 4.74 Å². The van der Waals surface area contributed by atoms with Crippen LogP contribution in [0.15, 0.2) is 0 Å². The van der Waals surface area contributed by atoms with Gasteiger partial charge in [0, 0.05) is 19.8 Å². The molecule has 0 aromatic heterocycles. The van der Waals surface area contributed by atoms with Gasteiger partial charge in [0.2, 0.25) is 0 Å². The molecule has 0 aromatic carbocycles. The molecular formula is C10H18F3NO. The summed E-state index contributed by atoms with van der Waals surface area (Å²) in [7, 11) is 1.60. The number of rotatable bonds is 4. The lowest BCUT2D eigenvalue weighted by Crippen LogP contribution is -2.50. The van der Waals surface area contributed by atoms with Crippen molar-refractivity contribution in [1.82, 2.24) is 5.32 Å². The molecule has 15 heavy (non-hydrogen) atoms. The Balaban J connectivity index is 2.29. The molecule has 90 valence electrons. The molecule has 1 aliphatic rings. The van der Waals surface area contributed by atoms with Crippen LogP contribution in [0.4, 0.5) is 13.2 Å². The first-order chi connectivity index (χ1) is 7.04. The van der Waals surface area contributed by atoms with E-state index in [4.69, 9.17) is 4.74 Å². The third-order valence-electron chi connectivity index (χ3n) is 2.78. The van der Waals surface area contributed by atoms with Crippen molar-refractivity contribution in [2.24, 2.45) is 0 Å². The number of hydrogen-bond donors (Lipinski definition) is 1. The maximum absolute atomic E-state index is 12.4. The Bertz CT molecular complexity index is 184. The minimum Gasteiger partial charge on any atom is -0.385 e. The van der Waals surface area contributed by atoms with E-state index in [-0.39, 0.29) is 12.5 Å². The number of alkyl halides is 3. The summed E-state index contributed by atoms with van der Waals surface area (Å²) in [5, 5.41) is 2.67. The topological polar surface area (TPSA) is 21.3 Å². The zero-order chi connectivity index (χ0) is 11.3. The van der Waals surface area contributed by atoms with Gasteiger partial charge < -0.3 is 10.1 Å². The van der Waals surface area contributed by atoms with E-state index in [1.807, 2.05) is 0 Å². The van der Waals surface area contributed by atoms with E-state index >= 15 is 0 Å². The van der Waals surface area contributed by atoms with E-state index in [0.29, 0.717) is 13.0 Å². The van der Waals surface area contributed by atoms with Gasteiger partial charge in [0.15, 0.2) is 0 Å². The molecule has 0 aliphatic carbocycles. The van der Waals surface area contributed by atoms with E-state index < -0.39 is 12.2 Å². The number of hydrogen-bond acceptors (Lipinski definition) is 2. The van der Waals surface area contributed by atoms with Crippen molar-refractivity contribution in [1.29, 1.82) is 0 Å². The van der Waals surface area contributed by atoms with Gasteiger partial charge in [-0.3, -0.25) is 0 Å². The zero-order valence-electron chi connectivity index (χ0n) is 8.94. The van der Waals surface area contributed by atoms with E-state index in [9.17, 15) is 13.2 Å². The fourth-order valence-electron chi connectivity index (χ4n) is 1.98. The summed E-state index contributed by atoms with van der Waals surface area (Å²) < 4.78 is 42.1. The first kappa shape index (κ1) is 12.8. The second kappa shape index (κ2) is 5.70. The Hall–Kier alpha value is -0.290. The van der Waals surface area contributed by atoms with Crippen molar-refractivity contribution < 1.29 is 17.9 Å². The number of ether oxygens (including phenoxy) is 1. The first-order valence-electron chi connectivity index (χ1n) is 5.35. The maximum atomic E-state index is 12.4. The lowest BCUT2D eigenvalue weighted by molar-refractivity contribution is -0.163. The molecule has 2 atom stereocenters. The van der Waals surface area contributed by atoms with Crippen LogP contribution in [0.3, 0.4) is 0 Å². The van der Waals surface area contributed by atoms with Gasteiger partial charge in [-0.1, -0.05) is 6.42 Å². The lowest BCUT2D eigenvalue weighted by Gasteiger charge is -2.32. The predicted octanol–water partition coefficient (Wildman–Crippen LogP) is 2.49. The molecule has 5 heteroatoms. The average Bonchev–Trinajstić information content (AvgIpc) is 2.17. The molecule has 0 saturated carbocycles. The summed E-state index contributed by atoms with van der Waals surface area (Å²) in [6.07, 6.45) is -0.797. The second-order valence-electron chi connectivity index (χ2n) is 4.02. The Morgan fingerprint density at radius 2 is 2.07 bits per heavy atom. The third-order valence-corrected chi connectivity index (χ3v) is 2.78. The molecular weight excluding hydrogens is 207 g/mol. The van der Waals surface area contributed by atoms with Crippen LogP contribution < -0.4 is 5.32 Å². The molecule has 1 aliphatic heterocycles. The van der Waals surface area contributed by atoms with Crippen LogP contribution in [0.1, 0.15) is 32.1 Å². The number of halogens is 3. The summed E-state index contributed by atoms with van der Waals surface area (Å²) >= 11 is 0. The minimum atomic E-state index is -4.10. The molecule has 0 bridgehead atoms. The van der Waals surface area contributed by atoms with Gasteiger partial charge in [0.05, 0.1) is 0 Å². The van der Waals surface area contributed by atoms with Crippen molar-refractivity contribution in [3.63, 3.8) is 0 Å². The highest BCUT2D eigenvalue weighted by atomic mass is 19.4. The summed E-state index contributed by atoms with van der Waals surface area (Å²) in [5.74, 6) is 0. The largest absolute Gasteiger partial charge is 0.403 e. The molecule has 0 aromatic rings. The molecule has 0 radical (unpaired) electrons. The number of nitrogens with one attached hydrogen (secondary N) is 1. The highest BCUT2D eigenvalue weighted by molar-refractivity contribution is 4.84. The standard InChI is InChI=1S/C10H18F3NO/c1-15-7-3-5-8-4-2-6-9(14-8)10(11,12)13/h8-9,14H,2-7H2,1H3. The quantitative estimate of drug-likeness (QED) is 0.742. The Kier molecular flexibility index (Phi) is 4.86. The number of methoxy groups -OCH3 is 1. The van der Waals surface area contributed by atoms with Crippen LogP contribution in [-0.4, -0.2) is 32.0 Å². The van der Waals surface area contributed by atoms with E-state index in [0.717, 1.165) is 19.3 Å². The highest BCUT2D eigenvalue weighted by Crippen LogP contribution is 2.28. The SMILES string of the molecule is COCCCC1CCCC(C(F)(F)F)N1. The summed E-state index contributed by atoms with van der Waals surface area (Å²) in [6, 6.07) is -1.31. The Morgan fingerprint density at radius 1 is 1.33 bits per heavy atom. The molecule has 2 nitrogen and oxygen atoms in total. The molecule has 0 amide bonds. The first-order valence-corrected chi connectivity index (χ1v) is 5.35. The van der Waals surface area contributed by atoms with E-state index in [1.165, 1.54) is 0 Å². The van der Waals surface area contributed by atoms with Crippen molar-refractivity contribution in [2.45, 2.75) is 50.4 Å².